The minimum atomic E-state index is -4.44. The minimum absolute atomic E-state index is 0.109. The molecule has 0 spiro atoms. The van der Waals surface area contributed by atoms with Crippen molar-refractivity contribution in [3.05, 3.63) is 30.2 Å². The monoisotopic (exact) mass is 242 g/mol. The van der Waals surface area contributed by atoms with Gasteiger partial charge in [0, 0.05) is 13.2 Å². The van der Waals surface area contributed by atoms with Crippen LogP contribution in [0, 0.1) is 0 Å². The van der Waals surface area contributed by atoms with Crippen molar-refractivity contribution in [2.75, 3.05) is 5.73 Å². The number of alkyl halides is 3. The predicted molar refractivity (Wildman–Crippen MR) is 55.9 cm³/mol. The number of hydrogen-bond donors (Lipinski definition) is 1. The molecule has 90 valence electrons. The number of aryl methyl sites for hydroxylation is 1. The number of pyridine rings is 1. The summed E-state index contributed by atoms with van der Waals surface area (Å²) in [5.41, 5.74) is 4.99. The molecule has 0 radical (unpaired) electrons. The van der Waals surface area contributed by atoms with Crippen LogP contribution in [0.25, 0.3) is 11.4 Å². The summed E-state index contributed by atoms with van der Waals surface area (Å²) in [6.07, 6.45) is -1.39. The van der Waals surface area contributed by atoms with Gasteiger partial charge in [-0.1, -0.05) is 0 Å². The summed E-state index contributed by atoms with van der Waals surface area (Å²) in [6.45, 7) is 0. The van der Waals surface area contributed by atoms with Gasteiger partial charge >= 0.3 is 6.18 Å². The number of halogens is 3. The van der Waals surface area contributed by atoms with E-state index in [0.29, 0.717) is 5.69 Å². The van der Waals surface area contributed by atoms with Crippen LogP contribution in [0.15, 0.2) is 24.7 Å². The quantitative estimate of drug-likeness (QED) is 0.832. The molecule has 7 heteroatoms. The molecule has 0 bridgehead atoms. The number of nitrogen functional groups attached to an aromatic ring is 1. The normalized spacial score (nSPS) is 11.8. The SMILES string of the molecule is Cn1cnc(-c2cc(C(F)(F)F)cc(N)n2)c1. The van der Waals surface area contributed by atoms with E-state index >= 15 is 0 Å². The van der Waals surface area contributed by atoms with E-state index in [1.807, 2.05) is 0 Å². The fourth-order valence-electron chi connectivity index (χ4n) is 1.39. The molecule has 0 fully saturated rings. The second-order valence-corrected chi connectivity index (χ2v) is 3.59. The predicted octanol–water partition coefficient (Wildman–Crippen LogP) is 2.08. The molecule has 2 rings (SSSR count). The Morgan fingerprint density at radius 3 is 2.47 bits per heavy atom. The van der Waals surface area contributed by atoms with Gasteiger partial charge in [0.1, 0.15) is 11.5 Å². The fraction of sp³-hybridized carbons (Fsp3) is 0.200. The van der Waals surface area contributed by atoms with Crippen molar-refractivity contribution in [2.45, 2.75) is 6.18 Å². The van der Waals surface area contributed by atoms with Crippen LogP contribution in [0.2, 0.25) is 0 Å². The number of hydrogen-bond acceptors (Lipinski definition) is 3. The smallest absolute Gasteiger partial charge is 0.384 e. The van der Waals surface area contributed by atoms with Crippen LogP contribution in [-0.4, -0.2) is 14.5 Å². The molecule has 0 atom stereocenters. The van der Waals surface area contributed by atoms with Gasteiger partial charge in [-0.2, -0.15) is 13.2 Å². The van der Waals surface area contributed by atoms with E-state index < -0.39 is 11.7 Å². The van der Waals surface area contributed by atoms with E-state index in [2.05, 4.69) is 9.97 Å². The lowest BCUT2D eigenvalue weighted by Gasteiger charge is -2.08. The number of nitrogens with zero attached hydrogens (tertiary/aromatic N) is 3. The number of aromatic nitrogens is 3. The standard InChI is InChI=1S/C10H9F3N4/c1-17-4-8(15-5-17)7-2-6(10(11,12)13)3-9(14)16-7/h2-5H,1H3,(H2,14,16). The molecule has 0 aliphatic heterocycles. The number of rotatable bonds is 1. The van der Waals surface area contributed by atoms with Crippen LogP contribution in [0.5, 0.6) is 0 Å². The summed E-state index contributed by atoms with van der Waals surface area (Å²) in [6, 6.07) is 1.73. The molecule has 17 heavy (non-hydrogen) atoms. The molecular formula is C10H9F3N4. The van der Waals surface area contributed by atoms with E-state index in [1.54, 1.807) is 17.8 Å². The summed E-state index contributed by atoms with van der Waals surface area (Å²) >= 11 is 0. The Morgan fingerprint density at radius 2 is 1.94 bits per heavy atom. The summed E-state index contributed by atoms with van der Waals surface area (Å²) in [4.78, 5) is 7.76. The van der Waals surface area contributed by atoms with E-state index in [-0.39, 0.29) is 11.5 Å². The maximum Gasteiger partial charge on any atom is 0.416 e. The highest BCUT2D eigenvalue weighted by Gasteiger charge is 2.31. The van der Waals surface area contributed by atoms with Gasteiger partial charge in [-0.25, -0.2) is 9.97 Å². The average molecular weight is 242 g/mol. The van der Waals surface area contributed by atoms with Crippen LogP contribution in [0.1, 0.15) is 5.56 Å². The fourth-order valence-corrected chi connectivity index (χ4v) is 1.39. The van der Waals surface area contributed by atoms with Crippen LogP contribution >= 0.6 is 0 Å². The Labute approximate surface area is 94.9 Å². The molecule has 0 amide bonds. The molecular weight excluding hydrogens is 233 g/mol. The lowest BCUT2D eigenvalue weighted by atomic mass is 10.2. The number of anilines is 1. The Hall–Kier alpha value is -2.05. The summed E-state index contributed by atoms with van der Waals surface area (Å²) in [5.74, 6) is -0.180. The Bertz CT molecular complexity index is 545. The molecule has 0 aliphatic carbocycles. The van der Waals surface area contributed by atoms with Crippen LogP contribution in [0.4, 0.5) is 19.0 Å². The largest absolute Gasteiger partial charge is 0.416 e. The van der Waals surface area contributed by atoms with E-state index in [9.17, 15) is 13.2 Å². The van der Waals surface area contributed by atoms with E-state index in [4.69, 9.17) is 5.73 Å². The van der Waals surface area contributed by atoms with Crippen molar-refractivity contribution in [3.8, 4) is 11.4 Å². The zero-order valence-corrected chi connectivity index (χ0v) is 8.86. The molecule has 0 aliphatic rings. The molecule has 0 saturated heterocycles. The Morgan fingerprint density at radius 1 is 1.24 bits per heavy atom. The maximum atomic E-state index is 12.6. The Kier molecular flexibility index (Phi) is 2.53. The van der Waals surface area contributed by atoms with Gasteiger partial charge in [-0.05, 0) is 12.1 Å². The van der Waals surface area contributed by atoms with Gasteiger partial charge in [-0.15, -0.1) is 0 Å². The van der Waals surface area contributed by atoms with Gasteiger partial charge < -0.3 is 10.3 Å². The van der Waals surface area contributed by atoms with Crippen molar-refractivity contribution >= 4 is 5.82 Å². The summed E-state index contributed by atoms with van der Waals surface area (Å²) in [7, 11) is 1.72. The molecule has 2 heterocycles. The Balaban J connectivity index is 2.52. The molecule has 2 N–H and O–H groups in total. The van der Waals surface area contributed by atoms with Crippen molar-refractivity contribution in [2.24, 2.45) is 7.05 Å². The van der Waals surface area contributed by atoms with Gasteiger partial charge in [-0.3, -0.25) is 0 Å². The summed E-state index contributed by atoms with van der Waals surface area (Å²) < 4.78 is 39.3. The van der Waals surface area contributed by atoms with Crippen molar-refractivity contribution in [3.63, 3.8) is 0 Å². The number of imidazole rings is 1. The second kappa shape index (κ2) is 3.76. The molecule has 0 saturated carbocycles. The lowest BCUT2D eigenvalue weighted by molar-refractivity contribution is -0.137. The highest BCUT2D eigenvalue weighted by molar-refractivity contribution is 5.57. The maximum absolute atomic E-state index is 12.6. The first-order chi connectivity index (χ1) is 7.86. The van der Waals surface area contributed by atoms with Crippen molar-refractivity contribution in [1.82, 2.24) is 14.5 Å². The number of nitrogens with two attached hydrogens (primary N) is 1. The molecule has 4 nitrogen and oxygen atoms in total. The zero-order chi connectivity index (χ0) is 12.6. The third-order valence-corrected chi connectivity index (χ3v) is 2.14. The first kappa shape index (κ1) is 11.4. The van der Waals surface area contributed by atoms with Crippen LogP contribution < -0.4 is 5.73 Å². The first-order valence-corrected chi connectivity index (χ1v) is 4.69. The lowest BCUT2D eigenvalue weighted by Crippen LogP contribution is -2.07. The molecule has 2 aromatic rings. The summed E-state index contributed by atoms with van der Waals surface area (Å²) in [5, 5.41) is 0. The van der Waals surface area contributed by atoms with Crippen LogP contribution in [0.3, 0.4) is 0 Å². The molecule has 0 unspecified atom stereocenters. The highest BCUT2D eigenvalue weighted by atomic mass is 19.4. The van der Waals surface area contributed by atoms with Crippen molar-refractivity contribution < 1.29 is 13.2 Å². The highest BCUT2D eigenvalue weighted by Crippen LogP contribution is 2.32. The topological polar surface area (TPSA) is 56.7 Å². The van der Waals surface area contributed by atoms with Gasteiger partial charge in [0.15, 0.2) is 0 Å². The van der Waals surface area contributed by atoms with Gasteiger partial charge in [0.25, 0.3) is 0 Å². The third kappa shape index (κ3) is 2.38. The van der Waals surface area contributed by atoms with Gasteiger partial charge in [0.05, 0.1) is 17.6 Å². The van der Waals surface area contributed by atoms with E-state index in [0.717, 1.165) is 12.1 Å². The molecule has 2 aromatic heterocycles. The average Bonchev–Trinajstić information content (AvgIpc) is 2.62. The van der Waals surface area contributed by atoms with Gasteiger partial charge in [0.2, 0.25) is 0 Å². The zero-order valence-electron chi connectivity index (χ0n) is 8.86. The van der Waals surface area contributed by atoms with Crippen LogP contribution in [-0.2, 0) is 13.2 Å². The molecule has 0 aromatic carbocycles. The van der Waals surface area contributed by atoms with Crippen molar-refractivity contribution in [1.29, 1.82) is 0 Å². The third-order valence-electron chi connectivity index (χ3n) is 2.14. The van der Waals surface area contributed by atoms with E-state index in [1.165, 1.54) is 6.33 Å². The second-order valence-electron chi connectivity index (χ2n) is 3.59. The minimum Gasteiger partial charge on any atom is -0.384 e. The first-order valence-electron chi connectivity index (χ1n) is 4.69.